The average molecular weight is 415 g/mol. The fourth-order valence-electron chi connectivity index (χ4n) is 3.33. The van der Waals surface area contributed by atoms with Gasteiger partial charge in [0, 0.05) is 11.1 Å². The molecule has 0 aliphatic carbocycles. The monoisotopic (exact) mass is 414 g/mol. The van der Waals surface area contributed by atoms with Crippen molar-refractivity contribution >= 4 is 8.60 Å². The van der Waals surface area contributed by atoms with Crippen molar-refractivity contribution in [1.29, 1.82) is 0 Å². The summed E-state index contributed by atoms with van der Waals surface area (Å²) in [6.45, 7) is 21.5. The molecule has 0 unspecified atom stereocenters. The van der Waals surface area contributed by atoms with Crippen LogP contribution < -0.4 is 4.74 Å². The highest BCUT2D eigenvalue weighted by Crippen LogP contribution is 2.43. The van der Waals surface area contributed by atoms with Gasteiger partial charge in [0.1, 0.15) is 5.75 Å². The lowest BCUT2D eigenvalue weighted by molar-refractivity contribution is 0.292. The zero-order chi connectivity index (χ0) is 22.1. The van der Waals surface area contributed by atoms with Gasteiger partial charge < -0.3 is 19.4 Å². The van der Waals surface area contributed by atoms with E-state index in [4.69, 9.17) is 19.4 Å². The molecule has 164 valence electrons. The minimum atomic E-state index is -2.62. The summed E-state index contributed by atoms with van der Waals surface area (Å²) < 4.78 is 6.44. The van der Waals surface area contributed by atoms with Crippen LogP contribution in [0.5, 0.6) is 5.75 Å². The topological polar surface area (TPSA) is 69.9 Å². The van der Waals surface area contributed by atoms with Crippen LogP contribution in [-0.4, -0.2) is 21.3 Å². The SMILES string of the molecule is CCCCOc1c(C(C)(C)C)cc(C)c(CCCC)c1C(C)(C)C.OP(O)O. The molecule has 0 aliphatic rings. The van der Waals surface area contributed by atoms with Crippen LogP contribution in [0.25, 0.3) is 0 Å². The number of hydrogen-bond acceptors (Lipinski definition) is 4. The summed E-state index contributed by atoms with van der Waals surface area (Å²) >= 11 is 0. The van der Waals surface area contributed by atoms with E-state index in [0.717, 1.165) is 19.4 Å². The van der Waals surface area contributed by atoms with E-state index in [1.807, 2.05) is 0 Å². The Labute approximate surface area is 174 Å². The molecule has 1 rings (SSSR count). The maximum atomic E-state index is 7.23. The highest BCUT2D eigenvalue weighted by molar-refractivity contribution is 7.38. The molecule has 0 saturated carbocycles. The molecule has 0 saturated heterocycles. The van der Waals surface area contributed by atoms with E-state index in [1.54, 1.807) is 0 Å². The number of aryl methyl sites for hydroxylation is 1. The third-order valence-corrected chi connectivity index (χ3v) is 4.69. The number of rotatable bonds is 7. The second kappa shape index (κ2) is 12.1. The summed E-state index contributed by atoms with van der Waals surface area (Å²) in [6.07, 6.45) is 5.92. The predicted molar refractivity (Wildman–Crippen MR) is 121 cm³/mol. The van der Waals surface area contributed by atoms with Gasteiger partial charge in [-0.25, -0.2) is 0 Å². The zero-order valence-electron chi connectivity index (χ0n) is 19.5. The molecule has 0 spiro atoms. The van der Waals surface area contributed by atoms with E-state index in [0.29, 0.717) is 0 Å². The minimum Gasteiger partial charge on any atom is -0.493 e. The molecule has 0 aliphatic heterocycles. The Morgan fingerprint density at radius 2 is 1.39 bits per heavy atom. The van der Waals surface area contributed by atoms with Crippen molar-refractivity contribution in [1.82, 2.24) is 0 Å². The first kappa shape index (κ1) is 27.3. The molecular formula is C23H43O4P. The molecule has 28 heavy (non-hydrogen) atoms. The molecule has 5 heteroatoms. The van der Waals surface area contributed by atoms with Crippen LogP contribution in [-0.2, 0) is 17.3 Å². The molecule has 0 radical (unpaired) electrons. The van der Waals surface area contributed by atoms with Crippen molar-refractivity contribution in [2.24, 2.45) is 0 Å². The highest BCUT2D eigenvalue weighted by Gasteiger charge is 2.30. The predicted octanol–water partition coefficient (Wildman–Crippen LogP) is 6.30. The summed E-state index contributed by atoms with van der Waals surface area (Å²) in [4.78, 5) is 21.7. The molecule has 0 aromatic heterocycles. The van der Waals surface area contributed by atoms with Crippen molar-refractivity contribution in [3.63, 3.8) is 0 Å². The number of hydrogen-bond donors (Lipinski definition) is 3. The van der Waals surface area contributed by atoms with Gasteiger partial charge in [0.05, 0.1) is 6.61 Å². The summed E-state index contributed by atoms with van der Waals surface area (Å²) in [5, 5.41) is 0. The summed E-state index contributed by atoms with van der Waals surface area (Å²) in [6, 6.07) is 2.39. The lowest BCUT2D eigenvalue weighted by Gasteiger charge is -2.33. The molecule has 0 amide bonds. The number of benzene rings is 1. The van der Waals surface area contributed by atoms with Gasteiger partial charge >= 0.3 is 8.60 Å². The molecule has 4 nitrogen and oxygen atoms in total. The van der Waals surface area contributed by atoms with E-state index < -0.39 is 8.60 Å². The van der Waals surface area contributed by atoms with E-state index in [1.165, 1.54) is 47.3 Å². The molecule has 3 N–H and O–H groups in total. The van der Waals surface area contributed by atoms with E-state index in [2.05, 4.69) is 68.4 Å². The molecule has 0 atom stereocenters. The van der Waals surface area contributed by atoms with Gasteiger partial charge in [0.15, 0.2) is 0 Å². The first-order chi connectivity index (χ1) is 12.8. The lowest BCUT2D eigenvalue weighted by atomic mass is 9.75. The molecule has 0 heterocycles. The zero-order valence-corrected chi connectivity index (χ0v) is 20.4. The molecule has 0 fully saturated rings. The van der Waals surface area contributed by atoms with Crippen LogP contribution in [0.1, 0.15) is 103 Å². The maximum Gasteiger partial charge on any atom is 0.324 e. The largest absolute Gasteiger partial charge is 0.493 e. The Bertz CT molecular complexity index is 581. The Hall–Kier alpha value is -0.670. The van der Waals surface area contributed by atoms with Gasteiger partial charge in [0.2, 0.25) is 0 Å². The maximum absolute atomic E-state index is 7.23. The van der Waals surface area contributed by atoms with Gasteiger partial charge in [-0.05, 0) is 48.1 Å². The van der Waals surface area contributed by atoms with Gasteiger partial charge in [0.25, 0.3) is 0 Å². The van der Waals surface area contributed by atoms with Gasteiger partial charge in [-0.2, -0.15) is 0 Å². The summed E-state index contributed by atoms with van der Waals surface area (Å²) in [7, 11) is -2.62. The van der Waals surface area contributed by atoms with Gasteiger partial charge in [-0.1, -0.05) is 74.3 Å². The fourth-order valence-corrected chi connectivity index (χ4v) is 3.33. The normalized spacial score (nSPS) is 12.0. The van der Waals surface area contributed by atoms with Crippen LogP contribution in [0, 0.1) is 6.92 Å². The first-order valence-corrected chi connectivity index (χ1v) is 11.6. The lowest BCUT2D eigenvalue weighted by Crippen LogP contribution is -2.23. The Balaban J connectivity index is 0.00000165. The fraction of sp³-hybridized carbons (Fsp3) is 0.739. The Morgan fingerprint density at radius 1 is 0.893 bits per heavy atom. The van der Waals surface area contributed by atoms with E-state index in [-0.39, 0.29) is 10.8 Å². The van der Waals surface area contributed by atoms with Gasteiger partial charge in [-0.15, -0.1) is 0 Å². The highest BCUT2D eigenvalue weighted by atomic mass is 31.2. The smallest absolute Gasteiger partial charge is 0.324 e. The quantitative estimate of drug-likeness (QED) is 0.362. The minimum absolute atomic E-state index is 0.0929. The van der Waals surface area contributed by atoms with Crippen molar-refractivity contribution in [3.8, 4) is 5.75 Å². The second-order valence-electron chi connectivity index (χ2n) is 9.50. The van der Waals surface area contributed by atoms with Crippen LogP contribution in [0.3, 0.4) is 0 Å². The van der Waals surface area contributed by atoms with Gasteiger partial charge in [-0.3, -0.25) is 0 Å². The van der Waals surface area contributed by atoms with E-state index >= 15 is 0 Å². The van der Waals surface area contributed by atoms with Crippen LogP contribution in [0.4, 0.5) is 0 Å². The Morgan fingerprint density at radius 3 is 1.79 bits per heavy atom. The number of unbranched alkanes of at least 4 members (excludes halogenated alkanes) is 2. The number of ether oxygens (including phenoxy) is 1. The van der Waals surface area contributed by atoms with Crippen molar-refractivity contribution in [2.75, 3.05) is 6.61 Å². The third-order valence-electron chi connectivity index (χ3n) is 4.69. The first-order valence-electron chi connectivity index (χ1n) is 10.4. The molecule has 1 aromatic carbocycles. The summed E-state index contributed by atoms with van der Waals surface area (Å²) in [5.41, 5.74) is 5.94. The third kappa shape index (κ3) is 9.22. The van der Waals surface area contributed by atoms with Crippen LogP contribution in [0.2, 0.25) is 0 Å². The van der Waals surface area contributed by atoms with Crippen molar-refractivity contribution in [3.05, 3.63) is 28.3 Å². The standard InChI is InChI=1S/C23H40O.H3O3P/c1-10-12-14-18-17(3)16-19(22(4,5)6)21(24-15-13-11-2)20(18)23(7,8)9;1-4(2)3/h16H,10-15H2,1-9H3;1-3H. The average Bonchev–Trinajstić information content (AvgIpc) is 2.51. The van der Waals surface area contributed by atoms with E-state index in [9.17, 15) is 0 Å². The Kier molecular flexibility index (Phi) is 11.8. The van der Waals surface area contributed by atoms with Crippen molar-refractivity contribution < 1.29 is 19.4 Å². The van der Waals surface area contributed by atoms with Crippen LogP contribution >= 0.6 is 8.60 Å². The molecule has 1 aromatic rings. The second-order valence-corrected chi connectivity index (χ2v) is 10.0. The molecule has 0 bridgehead atoms. The van der Waals surface area contributed by atoms with Crippen molar-refractivity contribution in [2.45, 2.75) is 105 Å². The van der Waals surface area contributed by atoms with Crippen LogP contribution in [0.15, 0.2) is 6.07 Å². The summed E-state index contributed by atoms with van der Waals surface area (Å²) in [5.74, 6) is 1.17. The molecular weight excluding hydrogens is 371 g/mol.